The molecule has 88 valence electrons. The van der Waals surface area contributed by atoms with E-state index in [1.54, 1.807) is 18.9 Å². The Morgan fingerprint density at radius 3 is 2.80 bits per heavy atom. The highest BCUT2D eigenvalue weighted by Gasteiger charge is 2.33. The summed E-state index contributed by atoms with van der Waals surface area (Å²) >= 11 is 0. The van der Waals surface area contributed by atoms with Crippen LogP contribution in [0.25, 0.3) is 0 Å². The highest BCUT2D eigenvalue weighted by molar-refractivity contribution is 5.79. The Bertz CT molecular complexity index is 219. The maximum atomic E-state index is 12.0. The van der Waals surface area contributed by atoms with Gasteiger partial charge in [-0.25, -0.2) is 0 Å². The number of hydrogen-bond donors (Lipinski definition) is 2. The number of nitrogens with two attached hydrogens (primary N) is 1. The lowest BCUT2D eigenvalue weighted by Gasteiger charge is -2.25. The zero-order valence-electron chi connectivity index (χ0n) is 9.65. The molecule has 4 nitrogen and oxygen atoms in total. The number of carbonyl (C=O) groups is 1. The van der Waals surface area contributed by atoms with Crippen LogP contribution in [0.2, 0.25) is 0 Å². The van der Waals surface area contributed by atoms with Crippen molar-refractivity contribution in [1.29, 1.82) is 0 Å². The molecule has 0 aromatic rings. The van der Waals surface area contributed by atoms with Crippen molar-refractivity contribution in [2.45, 2.75) is 32.3 Å². The summed E-state index contributed by atoms with van der Waals surface area (Å²) in [7, 11) is 1.75. The Morgan fingerprint density at radius 2 is 2.27 bits per heavy atom. The predicted molar refractivity (Wildman–Crippen MR) is 59.2 cm³/mol. The zero-order chi connectivity index (χ0) is 11.4. The van der Waals surface area contributed by atoms with Gasteiger partial charge in [-0.3, -0.25) is 4.79 Å². The number of likely N-dealkylation sites (N-methyl/N-ethyl adjacent to an activating group) is 1. The topological polar surface area (TPSA) is 66.6 Å². The van der Waals surface area contributed by atoms with Gasteiger partial charge in [0.15, 0.2) is 0 Å². The predicted octanol–water partition coefficient (Wildman–Crippen LogP) is 0.201. The molecule has 3 N–H and O–H groups in total. The number of carbonyl (C=O) groups excluding carboxylic acids is 1. The Balaban J connectivity index is 2.51. The van der Waals surface area contributed by atoms with E-state index in [1.807, 2.05) is 0 Å². The summed E-state index contributed by atoms with van der Waals surface area (Å²) in [5.74, 6) is 0.566. The third kappa shape index (κ3) is 3.18. The van der Waals surface area contributed by atoms with E-state index in [0.717, 1.165) is 19.3 Å². The average molecular weight is 214 g/mol. The molecule has 15 heavy (non-hydrogen) atoms. The quantitative estimate of drug-likeness (QED) is 0.702. The van der Waals surface area contributed by atoms with E-state index in [9.17, 15) is 9.90 Å². The molecule has 1 amide bonds. The highest BCUT2D eigenvalue weighted by atomic mass is 16.3. The molecule has 1 fully saturated rings. The smallest absolute Gasteiger partial charge is 0.225 e. The van der Waals surface area contributed by atoms with Gasteiger partial charge in [-0.2, -0.15) is 0 Å². The van der Waals surface area contributed by atoms with Crippen molar-refractivity contribution in [3.63, 3.8) is 0 Å². The maximum absolute atomic E-state index is 12.0. The molecule has 4 heteroatoms. The molecular formula is C11H22N2O2. The third-order valence-corrected chi connectivity index (χ3v) is 3.19. The molecular weight excluding hydrogens is 192 g/mol. The summed E-state index contributed by atoms with van der Waals surface area (Å²) in [6, 6.07) is 0. The molecule has 3 unspecified atom stereocenters. The van der Waals surface area contributed by atoms with Gasteiger partial charge in [-0.15, -0.1) is 0 Å². The highest BCUT2D eigenvalue weighted by Crippen LogP contribution is 2.32. The first-order valence-electron chi connectivity index (χ1n) is 5.69. The monoisotopic (exact) mass is 214 g/mol. The van der Waals surface area contributed by atoms with Gasteiger partial charge in [0, 0.05) is 19.5 Å². The van der Waals surface area contributed by atoms with Gasteiger partial charge in [0.2, 0.25) is 5.91 Å². The van der Waals surface area contributed by atoms with E-state index in [2.05, 4.69) is 0 Å². The fourth-order valence-corrected chi connectivity index (χ4v) is 2.41. The summed E-state index contributed by atoms with van der Waals surface area (Å²) in [5, 5.41) is 9.22. The van der Waals surface area contributed by atoms with Crippen LogP contribution in [-0.2, 0) is 4.79 Å². The van der Waals surface area contributed by atoms with Crippen LogP contribution in [0, 0.1) is 11.8 Å². The molecule has 0 radical (unpaired) electrons. The molecule has 0 spiro atoms. The second-order valence-electron chi connectivity index (χ2n) is 4.60. The molecule has 0 aliphatic heterocycles. The van der Waals surface area contributed by atoms with Crippen LogP contribution in [-0.4, -0.2) is 42.2 Å². The fourth-order valence-electron chi connectivity index (χ4n) is 2.41. The lowest BCUT2D eigenvalue weighted by molar-refractivity contribution is -0.136. The van der Waals surface area contributed by atoms with Gasteiger partial charge >= 0.3 is 0 Å². The molecule has 1 rings (SSSR count). The van der Waals surface area contributed by atoms with Gasteiger partial charge < -0.3 is 15.7 Å². The summed E-state index contributed by atoms with van der Waals surface area (Å²) in [6.07, 6.45) is 2.65. The molecule has 0 heterocycles. The minimum atomic E-state index is -0.461. The largest absolute Gasteiger partial charge is 0.392 e. The third-order valence-electron chi connectivity index (χ3n) is 3.19. The van der Waals surface area contributed by atoms with Gasteiger partial charge in [-0.05, 0) is 32.2 Å². The molecule has 1 saturated carbocycles. The number of rotatable bonds is 4. The number of aliphatic hydroxyl groups is 1. The normalized spacial score (nSPS) is 27.7. The van der Waals surface area contributed by atoms with Crippen LogP contribution in [0.5, 0.6) is 0 Å². The van der Waals surface area contributed by atoms with Crippen LogP contribution in [0.3, 0.4) is 0 Å². The standard InChI is InChI=1S/C11H22N2O2/c1-8(14)7-13(2)11(15)10-5-3-4-9(10)6-12/h8-10,14H,3-7,12H2,1-2H3. The minimum absolute atomic E-state index is 0.0822. The first kappa shape index (κ1) is 12.5. The number of hydrogen-bond acceptors (Lipinski definition) is 3. The molecule has 0 aromatic carbocycles. The summed E-state index contributed by atoms with van der Waals surface area (Å²) in [4.78, 5) is 13.6. The Hall–Kier alpha value is -0.610. The lowest BCUT2D eigenvalue weighted by Crippen LogP contribution is -2.39. The van der Waals surface area contributed by atoms with Gasteiger partial charge in [-0.1, -0.05) is 6.42 Å². The van der Waals surface area contributed by atoms with Gasteiger partial charge in [0.25, 0.3) is 0 Å². The van der Waals surface area contributed by atoms with E-state index in [1.165, 1.54) is 0 Å². The van der Waals surface area contributed by atoms with Gasteiger partial charge in [0.1, 0.15) is 0 Å². The molecule has 3 atom stereocenters. The first-order chi connectivity index (χ1) is 7.06. The van der Waals surface area contributed by atoms with Crippen LogP contribution in [0.15, 0.2) is 0 Å². The van der Waals surface area contributed by atoms with Crippen molar-refractivity contribution in [1.82, 2.24) is 4.90 Å². The first-order valence-corrected chi connectivity index (χ1v) is 5.69. The summed E-state index contributed by atoms with van der Waals surface area (Å²) < 4.78 is 0. The van der Waals surface area contributed by atoms with Crippen LogP contribution in [0.4, 0.5) is 0 Å². The van der Waals surface area contributed by atoms with Crippen molar-refractivity contribution in [3.05, 3.63) is 0 Å². The van der Waals surface area contributed by atoms with Crippen LogP contribution >= 0.6 is 0 Å². The number of aliphatic hydroxyl groups excluding tert-OH is 1. The Labute approximate surface area is 91.4 Å². The molecule has 1 aliphatic carbocycles. The van der Waals surface area contributed by atoms with Crippen molar-refractivity contribution in [3.8, 4) is 0 Å². The van der Waals surface area contributed by atoms with Crippen molar-refractivity contribution >= 4 is 5.91 Å². The maximum Gasteiger partial charge on any atom is 0.225 e. The molecule has 0 saturated heterocycles. The van der Waals surface area contributed by atoms with Crippen molar-refractivity contribution < 1.29 is 9.90 Å². The van der Waals surface area contributed by atoms with E-state index in [0.29, 0.717) is 19.0 Å². The van der Waals surface area contributed by atoms with E-state index < -0.39 is 6.10 Å². The molecule has 0 aromatic heterocycles. The SMILES string of the molecule is CC(O)CN(C)C(=O)C1CCCC1CN. The van der Waals surface area contributed by atoms with Crippen LogP contribution in [0.1, 0.15) is 26.2 Å². The minimum Gasteiger partial charge on any atom is -0.392 e. The second-order valence-corrected chi connectivity index (χ2v) is 4.60. The summed E-state index contributed by atoms with van der Waals surface area (Å²) in [5.41, 5.74) is 5.64. The second kappa shape index (κ2) is 5.47. The van der Waals surface area contributed by atoms with Crippen molar-refractivity contribution in [2.75, 3.05) is 20.1 Å². The molecule has 1 aliphatic rings. The number of nitrogens with zero attached hydrogens (tertiary/aromatic N) is 1. The number of amides is 1. The lowest BCUT2D eigenvalue weighted by atomic mass is 9.95. The molecule has 0 bridgehead atoms. The zero-order valence-corrected chi connectivity index (χ0v) is 9.65. The van der Waals surface area contributed by atoms with E-state index >= 15 is 0 Å². The Morgan fingerprint density at radius 1 is 1.60 bits per heavy atom. The van der Waals surface area contributed by atoms with Gasteiger partial charge in [0.05, 0.1) is 6.10 Å². The van der Waals surface area contributed by atoms with Crippen LogP contribution < -0.4 is 5.73 Å². The average Bonchev–Trinajstić information content (AvgIpc) is 2.62. The van der Waals surface area contributed by atoms with Crippen molar-refractivity contribution in [2.24, 2.45) is 17.6 Å². The van der Waals surface area contributed by atoms with E-state index in [4.69, 9.17) is 5.73 Å². The van der Waals surface area contributed by atoms with E-state index in [-0.39, 0.29) is 11.8 Å². The fraction of sp³-hybridized carbons (Fsp3) is 0.909. The summed E-state index contributed by atoms with van der Waals surface area (Å²) in [6.45, 7) is 2.70. The Kier molecular flexibility index (Phi) is 4.54.